The quantitative estimate of drug-likeness (QED) is 0.448. The molecule has 0 N–H and O–H groups in total. The fourth-order valence-corrected chi connectivity index (χ4v) is 1.89. The van der Waals surface area contributed by atoms with E-state index in [4.69, 9.17) is 0 Å². The Labute approximate surface area is 95.4 Å². The number of hydrogen-bond donors (Lipinski definition) is 0. The van der Waals surface area contributed by atoms with Crippen LogP contribution in [0.5, 0.6) is 0 Å². The summed E-state index contributed by atoms with van der Waals surface area (Å²) < 4.78 is 0. The fraction of sp³-hybridized carbons (Fsp3) is 1.00. The van der Waals surface area contributed by atoms with Gasteiger partial charge in [-0.25, -0.2) is 20.0 Å². The van der Waals surface area contributed by atoms with Gasteiger partial charge in [-0.2, -0.15) is 0 Å². The van der Waals surface area contributed by atoms with Crippen molar-refractivity contribution in [3.8, 4) is 0 Å². The monoisotopic (exact) mass is 216 g/mol. The van der Waals surface area contributed by atoms with Crippen molar-refractivity contribution >= 4 is 0 Å². The van der Waals surface area contributed by atoms with E-state index in [0.717, 1.165) is 32.8 Å². The molecule has 4 heteroatoms. The third-order valence-electron chi connectivity index (χ3n) is 2.84. The normalized spacial score (nSPS) is 12.4. The molecular weight excluding hydrogens is 188 g/mol. The van der Waals surface area contributed by atoms with Crippen molar-refractivity contribution in [3.05, 3.63) is 0 Å². The summed E-state index contributed by atoms with van der Waals surface area (Å²) in [6, 6.07) is 0. The molecule has 0 spiro atoms. The first-order valence-corrected chi connectivity index (χ1v) is 6.02. The second-order valence-corrected chi connectivity index (χ2v) is 3.73. The lowest BCUT2D eigenvalue weighted by atomic mass is 10.6. The lowest BCUT2D eigenvalue weighted by molar-refractivity contribution is -0.0981. The van der Waals surface area contributed by atoms with Crippen molar-refractivity contribution in [3.63, 3.8) is 0 Å². The first-order chi connectivity index (χ1) is 7.10. The molecule has 0 heterocycles. The molecule has 0 aliphatic carbocycles. The van der Waals surface area contributed by atoms with Gasteiger partial charge in [-0.05, 0) is 0 Å². The molecule has 0 aromatic carbocycles. The molecule has 92 valence electrons. The van der Waals surface area contributed by atoms with Gasteiger partial charge in [0.05, 0.1) is 6.67 Å². The molecular formula is C11H28N4. The zero-order valence-electron chi connectivity index (χ0n) is 11.3. The van der Waals surface area contributed by atoms with Crippen LogP contribution in [-0.4, -0.2) is 67.0 Å². The smallest absolute Gasteiger partial charge is 0.0780 e. The van der Waals surface area contributed by atoms with Gasteiger partial charge in [-0.15, -0.1) is 0 Å². The van der Waals surface area contributed by atoms with Gasteiger partial charge < -0.3 is 0 Å². The minimum absolute atomic E-state index is 0.948. The highest BCUT2D eigenvalue weighted by molar-refractivity contribution is 4.51. The summed E-state index contributed by atoms with van der Waals surface area (Å²) in [4.78, 5) is 0. The molecule has 0 unspecified atom stereocenters. The van der Waals surface area contributed by atoms with E-state index < -0.39 is 0 Å². The molecule has 0 saturated heterocycles. The zero-order chi connectivity index (χ0) is 11.8. The minimum atomic E-state index is 0.948. The fourth-order valence-electron chi connectivity index (χ4n) is 1.89. The largest absolute Gasteiger partial charge is 0.241 e. The second kappa shape index (κ2) is 8.05. The molecule has 0 aliphatic rings. The maximum atomic E-state index is 2.33. The SMILES string of the molecule is CCN(CC)N(C)CN(C)N(CC)CC. The highest BCUT2D eigenvalue weighted by Gasteiger charge is 2.12. The molecule has 0 aliphatic heterocycles. The molecule has 0 radical (unpaired) electrons. The molecule has 0 saturated carbocycles. The van der Waals surface area contributed by atoms with Crippen LogP contribution in [0.15, 0.2) is 0 Å². The van der Waals surface area contributed by atoms with E-state index >= 15 is 0 Å². The van der Waals surface area contributed by atoms with Gasteiger partial charge in [0.1, 0.15) is 0 Å². The summed E-state index contributed by atoms with van der Waals surface area (Å²) in [5.74, 6) is 0. The molecule has 0 aromatic rings. The predicted molar refractivity (Wildman–Crippen MR) is 66.2 cm³/mol. The summed E-state index contributed by atoms with van der Waals surface area (Å²) in [7, 11) is 4.29. The Morgan fingerprint density at radius 1 is 0.600 bits per heavy atom. The van der Waals surface area contributed by atoms with Crippen LogP contribution in [0.1, 0.15) is 27.7 Å². The van der Waals surface area contributed by atoms with Gasteiger partial charge in [0.15, 0.2) is 0 Å². The molecule has 0 atom stereocenters. The van der Waals surface area contributed by atoms with Crippen LogP contribution in [-0.2, 0) is 0 Å². The van der Waals surface area contributed by atoms with Crippen molar-refractivity contribution in [2.75, 3.05) is 46.9 Å². The molecule has 0 bridgehead atoms. The van der Waals surface area contributed by atoms with E-state index in [1.165, 1.54) is 0 Å². The third kappa shape index (κ3) is 4.93. The van der Waals surface area contributed by atoms with Crippen LogP contribution < -0.4 is 0 Å². The minimum Gasteiger partial charge on any atom is -0.241 e. The molecule has 0 fully saturated rings. The third-order valence-corrected chi connectivity index (χ3v) is 2.84. The lowest BCUT2D eigenvalue weighted by Crippen LogP contribution is -2.50. The van der Waals surface area contributed by atoms with Gasteiger partial charge in [0.25, 0.3) is 0 Å². The van der Waals surface area contributed by atoms with Crippen LogP contribution in [0.3, 0.4) is 0 Å². The standard InChI is InChI=1S/C11H28N4/c1-7-14(8-2)12(5)11-13(6)15(9-3)10-4/h7-11H2,1-6H3. The van der Waals surface area contributed by atoms with Gasteiger partial charge in [-0.3, -0.25) is 0 Å². The van der Waals surface area contributed by atoms with E-state index in [-0.39, 0.29) is 0 Å². The predicted octanol–water partition coefficient (Wildman–Crippen LogP) is 1.32. The van der Waals surface area contributed by atoms with Crippen molar-refractivity contribution in [2.45, 2.75) is 27.7 Å². The first kappa shape index (κ1) is 14.8. The van der Waals surface area contributed by atoms with Crippen molar-refractivity contribution in [1.29, 1.82) is 0 Å². The highest BCUT2D eigenvalue weighted by Crippen LogP contribution is 1.99. The highest BCUT2D eigenvalue weighted by atomic mass is 15.7. The number of hydrogen-bond acceptors (Lipinski definition) is 4. The van der Waals surface area contributed by atoms with E-state index in [0.29, 0.717) is 0 Å². The number of rotatable bonds is 8. The Morgan fingerprint density at radius 2 is 0.867 bits per heavy atom. The number of hydrazine groups is 2. The summed E-state index contributed by atoms with van der Waals surface area (Å²) in [5.41, 5.74) is 0. The Bertz CT molecular complexity index is 128. The van der Waals surface area contributed by atoms with E-state index in [9.17, 15) is 0 Å². The van der Waals surface area contributed by atoms with Crippen LogP contribution in [0.25, 0.3) is 0 Å². The Hall–Kier alpha value is -0.160. The number of nitrogens with zero attached hydrogens (tertiary/aromatic N) is 4. The van der Waals surface area contributed by atoms with Gasteiger partial charge in [0, 0.05) is 40.3 Å². The average molecular weight is 216 g/mol. The van der Waals surface area contributed by atoms with E-state index in [1.807, 2.05) is 0 Å². The summed E-state index contributed by atoms with van der Waals surface area (Å²) in [5, 5.41) is 9.22. The maximum absolute atomic E-state index is 2.33. The Balaban J connectivity index is 4.08. The van der Waals surface area contributed by atoms with Crippen molar-refractivity contribution in [2.24, 2.45) is 0 Å². The summed E-state index contributed by atoms with van der Waals surface area (Å²) in [6.45, 7) is 14.0. The van der Waals surface area contributed by atoms with Crippen LogP contribution in [0, 0.1) is 0 Å². The van der Waals surface area contributed by atoms with Crippen LogP contribution >= 0.6 is 0 Å². The Morgan fingerprint density at radius 3 is 1.07 bits per heavy atom. The van der Waals surface area contributed by atoms with E-state index in [2.05, 4.69) is 61.8 Å². The van der Waals surface area contributed by atoms with Crippen LogP contribution in [0.4, 0.5) is 0 Å². The Kier molecular flexibility index (Phi) is 7.96. The molecule has 0 aromatic heterocycles. The first-order valence-electron chi connectivity index (χ1n) is 6.02. The molecule has 0 amide bonds. The van der Waals surface area contributed by atoms with Crippen molar-refractivity contribution in [1.82, 2.24) is 20.0 Å². The van der Waals surface area contributed by atoms with Gasteiger partial charge in [0.2, 0.25) is 0 Å². The summed E-state index contributed by atoms with van der Waals surface area (Å²) >= 11 is 0. The average Bonchev–Trinajstić information content (AvgIpc) is 2.21. The second-order valence-electron chi connectivity index (χ2n) is 3.73. The molecule has 4 nitrogen and oxygen atoms in total. The van der Waals surface area contributed by atoms with E-state index in [1.54, 1.807) is 0 Å². The summed E-state index contributed by atoms with van der Waals surface area (Å²) in [6.07, 6.45) is 0. The maximum Gasteiger partial charge on any atom is 0.0780 e. The zero-order valence-corrected chi connectivity index (χ0v) is 11.3. The van der Waals surface area contributed by atoms with Crippen molar-refractivity contribution < 1.29 is 0 Å². The lowest BCUT2D eigenvalue weighted by Gasteiger charge is -2.37. The molecule has 15 heavy (non-hydrogen) atoms. The van der Waals surface area contributed by atoms with Gasteiger partial charge >= 0.3 is 0 Å². The van der Waals surface area contributed by atoms with Gasteiger partial charge in [-0.1, -0.05) is 27.7 Å². The van der Waals surface area contributed by atoms with Crippen LogP contribution in [0.2, 0.25) is 0 Å². The topological polar surface area (TPSA) is 13.0 Å². The molecule has 0 rings (SSSR count).